The summed E-state index contributed by atoms with van der Waals surface area (Å²) in [5.74, 6) is 2.44. The van der Waals surface area contributed by atoms with E-state index in [1.807, 2.05) is 106 Å². The topological polar surface area (TPSA) is 377 Å². The molecule has 0 atom stereocenters. The van der Waals surface area contributed by atoms with E-state index in [0.29, 0.717) is 61.6 Å². The number of nitro groups is 2. The number of fused-ring (bicyclic) bond motifs is 7. The van der Waals surface area contributed by atoms with Crippen LogP contribution in [0.3, 0.4) is 0 Å². The standard InChI is InChI=1S/C17H25NO2Si.C11H8N2O4.C11H10N2O3.C11H11NO2.2C11H9NO2.C11H11NO/c1-12-7-9-14-15(18-12)10-8-13(11-19)16(14)20-21(5,6)17(2,3)4;14-5-7-1-4-10-9(11(7)13(16)17)3-2-8(6-15)12-10;1-7-2-4-9-10(12-7)5-3-8(6-14)11(9)13(15)16;1-7-2-4-9-10(12-7)5-3-8(6-13)11(9)14;1-14-10-4-2-3-9-8(7-13)5-6-12-11(9)10;13-6-8-1-4-11-9(5-8)2-3-10(7-14)12-11;1-8-6-7-12-11-9(8)4-3-5-10(11)13-2/h7-10,19H,11H2,1-6H3;1-4,6,14H,5H2;2-5,14H,6H2,1H3;2-5,13-14H,6H2,1H3;2-7H,1H3;1-5,7,13H,6H2;3-7H,1-2H3. The van der Waals surface area contributed by atoms with E-state index in [1.165, 1.54) is 29.8 Å². The lowest BCUT2D eigenvalue weighted by Gasteiger charge is -2.37. The quantitative estimate of drug-likeness (QED) is 0.0255. The van der Waals surface area contributed by atoms with Crippen LogP contribution in [0.25, 0.3) is 76.3 Å². The second kappa shape index (κ2) is 37.6. The molecule has 7 aromatic carbocycles. The van der Waals surface area contributed by atoms with E-state index in [-0.39, 0.29) is 59.8 Å². The van der Waals surface area contributed by atoms with Crippen molar-refractivity contribution in [2.45, 2.75) is 99.6 Å². The Morgan fingerprint density at radius 1 is 0.450 bits per heavy atom. The van der Waals surface area contributed by atoms with Gasteiger partial charge in [-0.25, -0.2) is 9.97 Å². The summed E-state index contributed by atoms with van der Waals surface area (Å²) in [5, 5.41) is 82.7. The first kappa shape index (κ1) is 82.1. The van der Waals surface area contributed by atoms with Crippen LogP contribution in [0.4, 0.5) is 11.4 Å². The monoisotopic (exact) mass is 1490 g/mol. The summed E-state index contributed by atoms with van der Waals surface area (Å²) in [4.78, 5) is 82.2. The van der Waals surface area contributed by atoms with Crippen molar-refractivity contribution in [1.29, 1.82) is 0 Å². The second-order valence-corrected chi connectivity index (χ2v) is 30.9. The number of nitro benzene ring substituents is 2. The van der Waals surface area contributed by atoms with Gasteiger partial charge in [0.05, 0.1) is 107 Å². The van der Waals surface area contributed by atoms with E-state index in [2.05, 4.69) is 81.7 Å². The molecule has 0 saturated heterocycles. The molecule has 109 heavy (non-hydrogen) atoms. The predicted molar refractivity (Wildman–Crippen MR) is 423 cm³/mol. The number of hydrogen-bond acceptors (Lipinski definition) is 23. The number of aliphatic hydroxyl groups is 5. The molecule has 0 spiro atoms. The molecule has 0 aliphatic rings. The Kier molecular flexibility index (Phi) is 28.3. The van der Waals surface area contributed by atoms with Crippen LogP contribution >= 0.6 is 0 Å². The summed E-state index contributed by atoms with van der Waals surface area (Å²) in [6.45, 7) is 17.9. The van der Waals surface area contributed by atoms with Gasteiger partial charge >= 0.3 is 0 Å². The molecule has 0 fully saturated rings. The third kappa shape index (κ3) is 20.1. The number of rotatable bonds is 14. The number of aldehydes is 3. The zero-order valence-corrected chi connectivity index (χ0v) is 63.0. The molecule has 0 amide bonds. The molecule has 6 N–H and O–H groups in total. The maximum absolute atomic E-state index is 10.9. The van der Waals surface area contributed by atoms with Crippen LogP contribution in [-0.2, 0) is 33.0 Å². The van der Waals surface area contributed by atoms with Gasteiger partial charge in [-0.05, 0) is 184 Å². The summed E-state index contributed by atoms with van der Waals surface area (Å²) in [7, 11) is 1.29. The van der Waals surface area contributed by atoms with E-state index >= 15 is 0 Å². The molecule has 26 heteroatoms. The van der Waals surface area contributed by atoms with E-state index in [4.69, 9.17) is 34.3 Å². The molecule has 0 saturated carbocycles. The van der Waals surface area contributed by atoms with Crippen LogP contribution in [-0.4, -0.2) is 117 Å². The molecule has 14 rings (SSSR count). The third-order valence-corrected chi connectivity index (χ3v) is 22.1. The van der Waals surface area contributed by atoms with Gasteiger partial charge in [0.1, 0.15) is 45.4 Å². The Morgan fingerprint density at radius 2 is 0.881 bits per heavy atom. The number of carbonyl (C=O) groups is 3. The van der Waals surface area contributed by atoms with Crippen LogP contribution in [0.1, 0.15) is 103 Å². The van der Waals surface area contributed by atoms with Crippen LogP contribution in [0.15, 0.2) is 188 Å². The highest BCUT2D eigenvalue weighted by atomic mass is 28.4. The molecule has 0 aliphatic heterocycles. The SMILES string of the molecule is COc1cccc2c(C)ccnc12.COc1cccc2c(C=O)ccnc12.Cc1ccc2c(O)c(CO)ccc2n1.Cc1ccc2c(O[Si](C)(C)C(C)(C)C)c(CO)ccc2n1.Cc1ccc2c([N+](=O)[O-])c(CO)ccc2n1.O=Cc1ccc2c([N+](=O)[O-])c(CO)ccc2n1.O=Cc1ccc2cc(CO)ccc2n1. The average Bonchev–Trinajstić information content (AvgIpc) is 0.832. The highest BCUT2D eigenvalue weighted by Crippen LogP contribution is 2.41. The second-order valence-electron chi connectivity index (χ2n) is 26.2. The Bertz CT molecular complexity index is 5640. The zero-order chi connectivity index (χ0) is 79.3. The van der Waals surface area contributed by atoms with Gasteiger partial charge in [-0.1, -0.05) is 69.3 Å². The number of aliphatic hydroxyl groups excluding tert-OH is 5. The lowest BCUT2D eigenvalue weighted by Crippen LogP contribution is -2.44. The maximum atomic E-state index is 10.9. The first-order valence-corrected chi connectivity index (χ1v) is 37.0. The zero-order valence-electron chi connectivity index (χ0n) is 62.0. The van der Waals surface area contributed by atoms with Crippen molar-refractivity contribution < 1.29 is 68.8 Å². The largest absolute Gasteiger partial charge is 0.543 e. The number of para-hydroxylation sites is 2. The fourth-order valence-corrected chi connectivity index (χ4v) is 12.1. The highest BCUT2D eigenvalue weighted by molar-refractivity contribution is 6.74. The number of benzene rings is 7. The van der Waals surface area contributed by atoms with Crippen molar-refractivity contribution in [1.82, 2.24) is 34.9 Å². The average molecular weight is 1490 g/mol. The first-order valence-electron chi connectivity index (χ1n) is 34.1. The number of carbonyl (C=O) groups excluding carboxylic acids is 3. The van der Waals surface area contributed by atoms with Crippen molar-refractivity contribution in [3.05, 3.63) is 276 Å². The van der Waals surface area contributed by atoms with Crippen LogP contribution in [0.5, 0.6) is 23.0 Å². The number of ether oxygens (including phenoxy) is 2. The highest BCUT2D eigenvalue weighted by Gasteiger charge is 2.40. The molecule has 25 nitrogen and oxygen atoms in total. The number of methoxy groups -OCH3 is 2. The third-order valence-electron chi connectivity index (χ3n) is 17.8. The van der Waals surface area contributed by atoms with Gasteiger partial charge in [0.2, 0.25) is 0 Å². The molecule has 7 aromatic heterocycles. The van der Waals surface area contributed by atoms with Crippen LogP contribution < -0.4 is 13.9 Å². The molecule has 0 bridgehead atoms. The van der Waals surface area contributed by atoms with Gasteiger partial charge in [-0.15, -0.1) is 0 Å². The number of aryl methyl sites for hydroxylation is 4. The minimum Gasteiger partial charge on any atom is -0.543 e. The van der Waals surface area contributed by atoms with Gasteiger partial charge in [-0.2, -0.15) is 0 Å². The number of pyridine rings is 7. The minimum absolute atomic E-state index is 0.0192. The molecule has 0 aliphatic carbocycles. The smallest absolute Gasteiger partial charge is 0.284 e. The van der Waals surface area contributed by atoms with E-state index in [9.17, 15) is 44.8 Å². The molecule has 7 heterocycles. The Hall–Kier alpha value is -12.6. The summed E-state index contributed by atoms with van der Waals surface area (Å²) < 4.78 is 16.8. The number of phenols is 1. The molecular weight excluding hydrogens is 1410 g/mol. The van der Waals surface area contributed by atoms with Gasteiger partial charge in [0, 0.05) is 73.1 Å². The maximum Gasteiger partial charge on any atom is 0.284 e. The van der Waals surface area contributed by atoms with Gasteiger partial charge in [0.25, 0.3) is 19.7 Å². The summed E-state index contributed by atoms with van der Waals surface area (Å²) in [6.07, 6.45) is 5.53. The number of aromatic nitrogens is 7. The van der Waals surface area contributed by atoms with Gasteiger partial charge in [0.15, 0.2) is 18.9 Å². The normalized spacial score (nSPS) is 10.9. The number of nitrogens with zero attached hydrogens (tertiary/aromatic N) is 9. The predicted octanol–water partition coefficient (Wildman–Crippen LogP) is 15.7. The van der Waals surface area contributed by atoms with Crippen LogP contribution in [0.2, 0.25) is 18.1 Å². The fraction of sp³-hybridized carbons (Fsp3) is 0.205. The van der Waals surface area contributed by atoms with Gasteiger partial charge in [-0.3, -0.25) is 59.5 Å². The van der Waals surface area contributed by atoms with Crippen molar-refractivity contribution in [3.8, 4) is 23.0 Å². The molecular formula is C83H83N9O16Si. The fourth-order valence-electron chi connectivity index (χ4n) is 11.0. The Morgan fingerprint density at radius 3 is 1.38 bits per heavy atom. The minimum atomic E-state index is -1.96. The molecule has 560 valence electrons. The number of aromatic hydroxyl groups is 1. The van der Waals surface area contributed by atoms with Crippen molar-refractivity contribution in [2.75, 3.05) is 14.2 Å². The van der Waals surface area contributed by atoms with Crippen molar-refractivity contribution in [3.63, 3.8) is 0 Å². The first-order chi connectivity index (χ1) is 52.2. The lowest BCUT2D eigenvalue weighted by molar-refractivity contribution is -0.384. The van der Waals surface area contributed by atoms with Gasteiger partial charge < -0.3 is 44.5 Å². The number of hydrogen-bond donors (Lipinski definition) is 6. The van der Waals surface area contributed by atoms with Crippen molar-refractivity contribution in [2.24, 2.45) is 0 Å². The molecule has 0 radical (unpaired) electrons. The molecule has 14 aromatic rings. The summed E-state index contributed by atoms with van der Waals surface area (Å²) in [5.41, 5.74) is 12.7. The lowest BCUT2D eigenvalue weighted by atomic mass is 10.1. The Balaban J connectivity index is 0.000000161. The Labute approximate surface area is 628 Å². The van der Waals surface area contributed by atoms with Crippen LogP contribution in [0, 0.1) is 47.9 Å². The van der Waals surface area contributed by atoms with E-state index in [1.54, 1.807) is 87.3 Å². The van der Waals surface area contributed by atoms with E-state index < -0.39 is 24.8 Å². The summed E-state index contributed by atoms with van der Waals surface area (Å²) >= 11 is 0. The molecule has 0 unspecified atom stereocenters. The van der Waals surface area contributed by atoms with E-state index in [0.717, 1.165) is 101 Å². The van der Waals surface area contributed by atoms with Crippen molar-refractivity contribution >= 4 is 115 Å². The summed E-state index contributed by atoms with van der Waals surface area (Å²) in [6, 6.07) is 51.6.